The first-order valence-electron chi connectivity index (χ1n) is 4.51. The minimum atomic E-state index is -0.196. The van der Waals surface area contributed by atoms with Crippen molar-refractivity contribution in [2.75, 3.05) is 20.8 Å². The van der Waals surface area contributed by atoms with Crippen molar-refractivity contribution in [3.05, 3.63) is 18.0 Å². The minimum Gasteiger partial charge on any atom is -0.355 e. The zero-order valence-electron chi connectivity index (χ0n) is 8.86. The molecule has 0 atom stereocenters. The summed E-state index contributed by atoms with van der Waals surface area (Å²) in [6, 6.07) is 1.97. The van der Waals surface area contributed by atoms with Crippen LogP contribution in [0.1, 0.15) is 5.69 Å². The van der Waals surface area contributed by atoms with Crippen LogP contribution in [0.15, 0.2) is 12.3 Å². The van der Waals surface area contributed by atoms with Crippen LogP contribution in [-0.4, -0.2) is 36.8 Å². The fourth-order valence-corrected chi connectivity index (χ4v) is 1.14. The van der Waals surface area contributed by atoms with Crippen molar-refractivity contribution in [2.24, 2.45) is 7.05 Å². The minimum absolute atomic E-state index is 0.196. The molecule has 1 N–H and O–H groups in total. The van der Waals surface area contributed by atoms with Crippen molar-refractivity contribution in [3.8, 4) is 0 Å². The third-order valence-electron chi connectivity index (χ3n) is 1.91. The Morgan fingerprint density at radius 1 is 1.50 bits per heavy atom. The van der Waals surface area contributed by atoms with Crippen molar-refractivity contribution >= 4 is 0 Å². The molecule has 0 saturated carbocycles. The average molecular weight is 199 g/mol. The third kappa shape index (κ3) is 3.45. The Balaban J connectivity index is 2.21. The van der Waals surface area contributed by atoms with Crippen LogP contribution in [0.5, 0.6) is 0 Å². The van der Waals surface area contributed by atoms with Crippen molar-refractivity contribution in [1.29, 1.82) is 0 Å². The fourth-order valence-electron chi connectivity index (χ4n) is 1.14. The lowest BCUT2D eigenvalue weighted by atomic mass is 10.4. The maximum Gasteiger partial charge on any atom is 0.169 e. The Kier molecular flexibility index (Phi) is 4.58. The summed E-state index contributed by atoms with van der Waals surface area (Å²) >= 11 is 0. The topological polar surface area (TPSA) is 48.3 Å². The quantitative estimate of drug-likeness (QED) is 0.661. The molecule has 1 aromatic rings. The maximum atomic E-state index is 5.03. The van der Waals surface area contributed by atoms with Gasteiger partial charge in [-0.25, -0.2) is 0 Å². The van der Waals surface area contributed by atoms with Gasteiger partial charge in [-0.15, -0.1) is 0 Å². The Labute approximate surface area is 84.0 Å². The van der Waals surface area contributed by atoms with Gasteiger partial charge in [-0.3, -0.25) is 4.68 Å². The van der Waals surface area contributed by atoms with Crippen LogP contribution in [0.4, 0.5) is 0 Å². The van der Waals surface area contributed by atoms with E-state index in [4.69, 9.17) is 9.47 Å². The number of nitrogens with zero attached hydrogens (tertiary/aromatic N) is 2. The van der Waals surface area contributed by atoms with Gasteiger partial charge in [0.15, 0.2) is 6.29 Å². The largest absolute Gasteiger partial charge is 0.355 e. The number of rotatable bonds is 6. The highest BCUT2D eigenvalue weighted by atomic mass is 16.7. The van der Waals surface area contributed by atoms with Crippen molar-refractivity contribution in [3.63, 3.8) is 0 Å². The normalized spacial score (nSPS) is 11.1. The van der Waals surface area contributed by atoms with E-state index in [-0.39, 0.29) is 6.29 Å². The maximum absolute atomic E-state index is 5.03. The molecule has 0 aliphatic rings. The molecular weight excluding hydrogens is 182 g/mol. The summed E-state index contributed by atoms with van der Waals surface area (Å²) < 4.78 is 11.8. The Morgan fingerprint density at radius 2 is 2.21 bits per heavy atom. The number of ether oxygens (including phenoxy) is 2. The molecule has 0 spiro atoms. The first kappa shape index (κ1) is 11.2. The second kappa shape index (κ2) is 5.74. The number of methoxy groups -OCH3 is 2. The summed E-state index contributed by atoms with van der Waals surface area (Å²) in [7, 11) is 5.14. The monoisotopic (exact) mass is 199 g/mol. The van der Waals surface area contributed by atoms with E-state index in [0.717, 1.165) is 12.2 Å². The molecule has 0 aliphatic heterocycles. The second-order valence-electron chi connectivity index (χ2n) is 3.01. The molecule has 0 bridgehead atoms. The zero-order chi connectivity index (χ0) is 10.4. The van der Waals surface area contributed by atoms with E-state index < -0.39 is 0 Å². The lowest BCUT2D eigenvalue weighted by Gasteiger charge is -2.13. The van der Waals surface area contributed by atoms with Gasteiger partial charge in [0, 0.05) is 40.6 Å². The number of hydrogen-bond acceptors (Lipinski definition) is 4. The summed E-state index contributed by atoms with van der Waals surface area (Å²) in [5.74, 6) is 0. The van der Waals surface area contributed by atoms with Gasteiger partial charge < -0.3 is 14.8 Å². The van der Waals surface area contributed by atoms with Gasteiger partial charge in [-0.1, -0.05) is 0 Å². The molecule has 0 aliphatic carbocycles. The lowest BCUT2D eigenvalue weighted by molar-refractivity contribution is -0.0989. The van der Waals surface area contributed by atoms with Crippen molar-refractivity contribution < 1.29 is 9.47 Å². The van der Waals surface area contributed by atoms with Crippen LogP contribution in [0.3, 0.4) is 0 Å². The predicted molar refractivity (Wildman–Crippen MR) is 52.7 cm³/mol. The van der Waals surface area contributed by atoms with Crippen molar-refractivity contribution in [1.82, 2.24) is 15.1 Å². The van der Waals surface area contributed by atoms with Gasteiger partial charge in [0.1, 0.15) is 0 Å². The van der Waals surface area contributed by atoms with E-state index in [2.05, 4.69) is 10.4 Å². The van der Waals surface area contributed by atoms with Crippen LogP contribution < -0.4 is 5.32 Å². The van der Waals surface area contributed by atoms with Crippen LogP contribution in [0.2, 0.25) is 0 Å². The van der Waals surface area contributed by atoms with Gasteiger partial charge in [0.25, 0.3) is 0 Å². The van der Waals surface area contributed by atoms with Crippen LogP contribution in [0, 0.1) is 0 Å². The van der Waals surface area contributed by atoms with E-state index in [1.54, 1.807) is 18.9 Å². The van der Waals surface area contributed by atoms with E-state index in [1.807, 2.05) is 19.3 Å². The van der Waals surface area contributed by atoms with Crippen LogP contribution in [-0.2, 0) is 23.1 Å². The molecule has 0 amide bonds. The molecule has 5 heteroatoms. The number of aromatic nitrogens is 2. The predicted octanol–water partition coefficient (Wildman–Crippen LogP) is 0.129. The Hall–Kier alpha value is -0.910. The SMILES string of the molecule is COC(CNCc1ccn(C)n1)OC. The van der Waals surface area contributed by atoms with Gasteiger partial charge in [-0.05, 0) is 6.07 Å². The Bertz CT molecular complexity index is 258. The van der Waals surface area contributed by atoms with E-state index in [9.17, 15) is 0 Å². The molecular formula is C9H17N3O2. The molecule has 0 saturated heterocycles. The number of aryl methyl sites for hydroxylation is 1. The number of nitrogens with one attached hydrogen (secondary N) is 1. The summed E-state index contributed by atoms with van der Waals surface area (Å²) in [6.07, 6.45) is 1.72. The summed E-state index contributed by atoms with van der Waals surface area (Å²) in [5, 5.41) is 7.42. The molecule has 5 nitrogen and oxygen atoms in total. The average Bonchev–Trinajstić information content (AvgIpc) is 2.59. The highest BCUT2D eigenvalue weighted by Gasteiger charge is 2.04. The van der Waals surface area contributed by atoms with E-state index in [0.29, 0.717) is 6.54 Å². The fraction of sp³-hybridized carbons (Fsp3) is 0.667. The van der Waals surface area contributed by atoms with E-state index in [1.165, 1.54) is 0 Å². The first-order chi connectivity index (χ1) is 6.76. The molecule has 0 fully saturated rings. The second-order valence-corrected chi connectivity index (χ2v) is 3.01. The molecule has 14 heavy (non-hydrogen) atoms. The number of hydrogen-bond donors (Lipinski definition) is 1. The smallest absolute Gasteiger partial charge is 0.169 e. The van der Waals surface area contributed by atoms with E-state index >= 15 is 0 Å². The first-order valence-corrected chi connectivity index (χ1v) is 4.51. The molecule has 0 aromatic carbocycles. The molecule has 1 rings (SSSR count). The Morgan fingerprint density at radius 3 is 2.71 bits per heavy atom. The standard InChI is InChI=1S/C9H17N3O2/c1-12-5-4-8(11-12)6-10-7-9(13-2)14-3/h4-5,9-10H,6-7H2,1-3H3. The van der Waals surface area contributed by atoms with Gasteiger partial charge in [-0.2, -0.15) is 5.10 Å². The van der Waals surface area contributed by atoms with Crippen LogP contribution in [0.25, 0.3) is 0 Å². The highest BCUT2D eigenvalue weighted by molar-refractivity contribution is 4.97. The zero-order valence-corrected chi connectivity index (χ0v) is 8.86. The van der Waals surface area contributed by atoms with Crippen molar-refractivity contribution in [2.45, 2.75) is 12.8 Å². The molecule has 1 aromatic heterocycles. The molecule has 0 unspecified atom stereocenters. The lowest BCUT2D eigenvalue weighted by Crippen LogP contribution is -2.29. The van der Waals surface area contributed by atoms with Gasteiger partial charge in [0.2, 0.25) is 0 Å². The third-order valence-corrected chi connectivity index (χ3v) is 1.91. The summed E-state index contributed by atoms with van der Waals surface area (Å²) in [4.78, 5) is 0. The molecule has 80 valence electrons. The van der Waals surface area contributed by atoms with Crippen LogP contribution >= 0.6 is 0 Å². The van der Waals surface area contributed by atoms with Gasteiger partial charge >= 0.3 is 0 Å². The van der Waals surface area contributed by atoms with Gasteiger partial charge in [0.05, 0.1) is 5.69 Å². The molecule has 0 radical (unpaired) electrons. The molecule has 1 heterocycles. The summed E-state index contributed by atoms with van der Waals surface area (Å²) in [5.41, 5.74) is 1.01. The highest BCUT2D eigenvalue weighted by Crippen LogP contribution is 1.94. The summed E-state index contributed by atoms with van der Waals surface area (Å²) in [6.45, 7) is 1.38.